The molecular formula is C19H22N2O5. The number of esters is 2. The molecule has 0 radical (unpaired) electrons. The van der Waals surface area contributed by atoms with Crippen molar-refractivity contribution >= 4 is 23.5 Å². The Labute approximate surface area is 151 Å². The van der Waals surface area contributed by atoms with E-state index in [1.165, 1.54) is 13.2 Å². The lowest BCUT2D eigenvalue weighted by Crippen LogP contribution is -2.22. The first-order valence-corrected chi connectivity index (χ1v) is 8.20. The summed E-state index contributed by atoms with van der Waals surface area (Å²) in [5.41, 5.74) is 2.71. The lowest BCUT2D eigenvalue weighted by Gasteiger charge is -2.10. The summed E-state index contributed by atoms with van der Waals surface area (Å²) in [5.74, 6) is -1.67. The SMILES string of the molecule is CCn1c(C)cc(C(=O)OCC(=O)Nc2ccccc2C(=O)OC)c1C. The van der Waals surface area contributed by atoms with Crippen molar-refractivity contribution in [2.75, 3.05) is 19.0 Å². The van der Waals surface area contributed by atoms with Gasteiger partial charge in [-0.15, -0.1) is 0 Å². The van der Waals surface area contributed by atoms with Gasteiger partial charge in [-0.1, -0.05) is 12.1 Å². The number of carbonyl (C=O) groups excluding carboxylic acids is 3. The van der Waals surface area contributed by atoms with Crippen LogP contribution in [0.2, 0.25) is 0 Å². The molecule has 0 unspecified atom stereocenters. The number of amides is 1. The summed E-state index contributed by atoms with van der Waals surface area (Å²) in [6.45, 7) is 6.02. The number of hydrogen-bond donors (Lipinski definition) is 1. The second-order valence-corrected chi connectivity index (χ2v) is 5.69. The van der Waals surface area contributed by atoms with Crippen molar-refractivity contribution in [3.63, 3.8) is 0 Å². The van der Waals surface area contributed by atoms with Crippen LogP contribution in [0.15, 0.2) is 30.3 Å². The molecule has 0 aliphatic rings. The highest BCUT2D eigenvalue weighted by molar-refractivity contribution is 6.02. The Kier molecular flexibility index (Phi) is 6.16. The number of aromatic nitrogens is 1. The van der Waals surface area contributed by atoms with Gasteiger partial charge in [0.05, 0.1) is 23.9 Å². The first-order valence-electron chi connectivity index (χ1n) is 8.20. The van der Waals surface area contributed by atoms with Crippen LogP contribution >= 0.6 is 0 Å². The lowest BCUT2D eigenvalue weighted by atomic mass is 10.2. The van der Waals surface area contributed by atoms with Crippen LogP contribution in [0.5, 0.6) is 0 Å². The first-order chi connectivity index (χ1) is 12.4. The minimum atomic E-state index is -0.565. The Morgan fingerprint density at radius 2 is 1.77 bits per heavy atom. The molecule has 0 aliphatic carbocycles. The third kappa shape index (κ3) is 4.11. The molecule has 1 aromatic heterocycles. The van der Waals surface area contributed by atoms with Crippen LogP contribution < -0.4 is 5.32 Å². The number of para-hydroxylation sites is 1. The topological polar surface area (TPSA) is 86.6 Å². The zero-order chi connectivity index (χ0) is 19.3. The summed E-state index contributed by atoms with van der Waals surface area (Å²) < 4.78 is 11.8. The van der Waals surface area contributed by atoms with Gasteiger partial charge in [0.15, 0.2) is 6.61 Å². The first kappa shape index (κ1) is 19.2. The van der Waals surface area contributed by atoms with E-state index in [-0.39, 0.29) is 5.56 Å². The minimum Gasteiger partial charge on any atom is -0.465 e. The summed E-state index contributed by atoms with van der Waals surface area (Å²) in [7, 11) is 1.26. The molecule has 2 rings (SSSR count). The third-order valence-corrected chi connectivity index (χ3v) is 4.05. The molecular weight excluding hydrogens is 336 g/mol. The van der Waals surface area contributed by atoms with E-state index in [0.717, 1.165) is 17.9 Å². The van der Waals surface area contributed by atoms with E-state index in [1.807, 2.05) is 25.3 Å². The van der Waals surface area contributed by atoms with Gasteiger partial charge in [-0.05, 0) is 39.0 Å². The van der Waals surface area contributed by atoms with E-state index in [2.05, 4.69) is 10.1 Å². The average Bonchev–Trinajstić information content (AvgIpc) is 2.93. The van der Waals surface area contributed by atoms with E-state index < -0.39 is 24.5 Å². The van der Waals surface area contributed by atoms with Gasteiger partial charge in [-0.3, -0.25) is 4.79 Å². The summed E-state index contributed by atoms with van der Waals surface area (Å²) in [4.78, 5) is 36.0. The molecule has 1 N–H and O–H groups in total. The van der Waals surface area contributed by atoms with Crippen molar-refractivity contribution in [2.24, 2.45) is 0 Å². The molecule has 0 spiro atoms. The Hall–Kier alpha value is -3.09. The number of aryl methyl sites for hydroxylation is 1. The highest BCUT2D eigenvalue weighted by Crippen LogP contribution is 2.17. The van der Waals surface area contributed by atoms with Crippen LogP contribution in [0, 0.1) is 13.8 Å². The van der Waals surface area contributed by atoms with E-state index in [9.17, 15) is 14.4 Å². The highest BCUT2D eigenvalue weighted by atomic mass is 16.5. The summed E-state index contributed by atoms with van der Waals surface area (Å²) in [6, 6.07) is 8.18. The van der Waals surface area contributed by atoms with Crippen molar-refractivity contribution in [3.8, 4) is 0 Å². The van der Waals surface area contributed by atoms with Crippen LogP contribution in [0.3, 0.4) is 0 Å². The minimum absolute atomic E-state index is 0.223. The van der Waals surface area contributed by atoms with Crippen LogP contribution in [0.25, 0.3) is 0 Å². The normalized spacial score (nSPS) is 10.3. The number of hydrogen-bond acceptors (Lipinski definition) is 5. The monoisotopic (exact) mass is 358 g/mol. The number of methoxy groups -OCH3 is 1. The lowest BCUT2D eigenvalue weighted by molar-refractivity contribution is -0.119. The van der Waals surface area contributed by atoms with Gasteiger partial charge in [0.25, 0.3) is 5.91 Å². The second-order valence-electron chi connectivity index (χ2n) is 5.69. The third-order valence-electron chi connectivity index (χ3n) is 4.05. The average molecular weight is 358 g/mol. The largest absolute Gasteiger partial charge is 0.465 e. The summed E-state index contributed by atoms with van der Waals surface area (Å²) in [6.07, 6.45) is 0. The van der Waals surface area contributed by atoms with Crippen molar-refractivity contribution in [1.82, 2.24) is 4.57 Å². The standard InChI is InChI=1S/C19H22N2O5/c1-5-21-12(2)10-15(13(21)3)19(24)26-11-17(22)20-16-9-7-6-8-14(16)18(23)25-4/h6-10H,5,11H2,1-4H3,(H,20,22). The van der Waals surface area contributed by atoms with Crippen LogP contribution in [0.4, 0.5) is 5.69 Å². The molecule has 0 aliphatic heterocycles. The number of rotatable bonds is 6. The quantitative estimate of drug-likeness (QED) is 0.803. The molecule has 0 fully saturated rings. The predicted molar refractivity (Wildman–Crippen MR) is 96.3 cm³/mol. The Morgan fingerprint density at radius 3 is 2.38 bits per heavy atom. The molecule has 1 amide bonds. The molecule has 1 heterocycles. The number of nitrogens with zero attached hydrogens (tertiary/aromatic N) is 1. The summed E-state index contributed by atoms with van der Waals surface area (Å²) in [5, 5.41) is 2.55. The van der Waals surface area contributed by atoms with Crippen molar-refractivity contribution in [2.45, 2.75) is 27.3 Å². The molecule has 26 heavy (non-hydrogen) atoms. The molecule has 7 heteroatoms. The fraction of sp³-hybridized carbons (Fsp3) is 0.316. The second kappa shape index (κ2) is 8.33. The maximum absolute atomic E-state index is 12.2. The fourth-order valence-electron chi connectivity index (χ4n) is 2.77. The number of carbonyl (C=O) groups is 3. The van der Waals surface area contributed by atoms with E-state index in [1.54, 1.807) is 24.3 Å². The van der Waals surface area contributed by atoms with Crippen molar-refractivity contribution in [1.29, 1.82) is 0 Å². The predicted octanol–water partition coefficient (Wildman–Crippen LogP) is 2.71. The van der Waals surface area contributed by atoms with E-state index in [4.69, 9.17) is 4.74 Å². The van der Waals surface area contributed by atoms with Gasteiger partial charge < -0.3 is 19.4 Å². The number of nitrogens with one attached hydrogen (secondary N) is 1. The zero-order valence-corrected chi connectivity index (χ0v) is 15.3. The zero-order valence-electron chi connectivity index (χ0n) is 15.3. The molecule has 0 atom stereocenters. The van der Waals surface area contributed by atoms with Gasteiger partial charge in [0.2, 0.25) is 0 Å². The van der Waals surface area contributed by atoms with Crippen LogP contribution in [-0.2, 0) is 20.8 Å². The molecule has 0 bridgehead atoms. The van der Waals surface area contributed by atoms with Crippen LogP contribution in [-0.4, -0.2) is 36.1 Å². The number of benzene rings is 1. The van der Waals surface area contributed by atoms with Crippen LogP contribution in [0.1, 0.15) is 39.0 Å². The van der Waals surface area contributed by atoms with Crippen molar-refractivity contribution in [3.05, 3.63) is 52.8 Å². The molecule has 2 aromatic rings. The van der Waals surface area contributed by atoms with Gasteiger partial charge >= 0.3 is 11.9 Å². The highest BCUT2D eigenvalue weighted by Gasteiger charge is 2.18. The smallest absolute Gasteiger partial charge is 0.340 e. The Bertz CT molecular complexity index is 838. The number of anilines is 1. The Morgan fingerprint density at radius 1 is 1.08 bits per heavy atom. The van der Waals surface area contributed by atoms with Gasteiger partial charge in [-0.25, -0.2) is 9.59 Å². The van der Waals surface area contributed by atoms with Gasteiger partial charge in [0, 0.05) is 17.9 Å². The van der Waals surface area contributed by atoms with E-state index >= 15 is 0 Å². The molecule has 138 valence electrons. The van der Waals surface area contributed by atoms with Gasteiger partial charge in [0.1, 0.15) is 0 Å². The molecule has 0 saturated heterocycles. The van der Waals surface area contributed by atoms with Crippen molar-refractivity contribution < 1.29 is 23.9 Å². The molecule has 1 aromatic carbocycles. The molecule has 0 saturated carbocycles. The number of ether oxygens (including phenoxy) is 2. The summed E-state index contributed by atoms with van der Waals surface area (Å²) >= 11 is 0. The maximum Gasteiger partial charge on any atom is 0.340 e. The van der Waals surface area contributed by atoms with E-state index in [0.29, 0.717) is 11.3 Å². The molecule has 7 nitrogen and oxygen atoms in total. The maximum atomic E-state index is 12.2. The fourth-order valence-corrected chi connectivity index (χ4v) is 2.77. The Balaban J connectivity index is 2.02. The van der Waals surface area contributed by atoms with Gasteiger partial charge in [-0.2, -0.15) is 0 Å².